The van der Waals surface area contributed by atoms with Crippen LogP contribution < -0.4 is 11.1 Å². The summed E-state index contributed by atoms with van der Waals surface area (Å²) in [4.78, 5) is 10.9. The van der Waals surface area contributed by atoms with Crippen LogP contribution in [0.2, 0.25) is 0 Å². The van der Waals surface area contributed by atoms with E-state index >= 15 is 0 Å². The molecule has 0 aromatic carbocycles. The molecule has 0 spiro atoms. The number of piperidine rings is 1. The molecule has 3 heteroatoms. The summed E-state index contributed by atoms with van der Waals surface area (Å²) in [6, 6.07) is -0.0602. The van der Waals surface area contributed by atoms with Crippen molar-refractivity contribution in [3.63, 3.8) is 0 Å². The third-order valence-corrected chi connectivity index (χ3v) is 3.36. The van der Waals surface area contributed by atoms with Gasteiger partial charge in [0.15, 0.2) is 0 Å². The normalized spacial score (nSPS) is 45.1. The molecule has 1 aliphatic carbocycles. The molecule has 1 saturated carbocycles. The molecule has 2 rings (SSSR count). The lowest BCUT2D eigenvalue weighted by Crippen LogP contribution is -2.41. The molecule has 1 saturated heterocycles. The van der Waals surface area contributed by atoms with Crippen molar-refractivity contribution in [3.05, 3.63) is 0 Å². The minimum absolute atomic E-state index is 0.0602. The fraction of sp³-hybridized carbons (Fsp3) is 0.875. The van der Waals surface area contributed by atoms with Gasteiger partial charge < -0.3 is 11.1 Å². The molecular weight excluding hydrogens is 140 g/mol. The van der Waals surface area contributed by atoms with Crippen LogP contribution in [0.5, 0.6) is 0 Å². The van der Waals surface area contributed by atoms with Crippen molar-refractivity contribution in [2.45, 2.75) is 19.9 Å². The third kappa shape index (κ3) is 0.745. The summed E-state index contributed by atoms with van der Waals surface area (Å²) in [6.45, 7) is 5.38. The molecule has 2 fully saturated rings. The summed E-state index contributed by atoms with van der Waals surface area (Å²) >= 11 is 0. The van der Waals surface area contributed by atoms with Gasteiger partial charge in [-0.1, -0.05) is 13.8 Å². The van der Waals surface area contributed by atoms with Gasteiger partial charge in [-0.15, -0.1) is 0 Å². The number of hydrogen-bond donors (Lipinski definition) is 2. The Morgan fingerprint density at radius 2 is 2.27 bits per heavy atom. The average molecular weight is 154 g/mol. The average Bonchev–Trinajstić information content (AvgIpc) is 2.34. The van der Waals surface area contributed by atoms with Gasteiger partial charge in [-0.2, -0.15) is 0 Å². The van der Waals surface area contributed by atoms with Crippen molar-refractivity contribution >= 4 is 5.91 Å². The van der Waals surface area contributed by atoms with Gasteiger partial charge in [0, 0.05) is 0 Å². The smallest absolute Gasteiger partial charge is 0.234 e. The number of carbonyl (C=O) groups excluding carboxylic acids is 1. The van der Waals surface area contributed by atoms with Crippen molar-refractivity contribution < 1.29 is 4.79 Å². The molecule has 1 heterocycles. The zero-order chi connectivity index (χ0) is 8.22. The molecule has 0 aromatic rings. The van der Waals surface area contributed by atoms with Gasteiger partial charge in [0.25, 0.3) is 0 Å². The molecular formula is C8H14N2O. The van der Waals surface area contributed by atoms with Crippen molar-refractivity contribution in [1.82, 2.24) is 5.32 Å². The van der Waals surface area contributed by atoms with E-state index in [1.807, 2.05) is 0 Å². The van der Waals surface area contributed by atoms with E-state index < -0.39 is 0 Å². The molecule has 11 heavy (non-hydrogen) atoms. The van der Waals surface area contributed by atoms with Gasteiger partial charge in [0.1, 0.15) is 0 Å². The molecule has 1 aliphatic heterocycles. The number of rotatable bonds is 1. The Kier molecular flexibility index (Phi) is 1.15. The lowest BCUT2D eigenvalue weighted by molar-refractivity contribution is -0.120. The van der Waals surface area contributed by atoms with E-state index in [0.717, 1.165) is 6.54 Å². The number of nitrogens with two attached hydrogens (primary N) is 1. The molecule has 62 valence electrons. The highest BCUT2D eigenvalue weighted by Crippen LogP contribution is 2.62. The number of carbonyl (C=O) groups is 1. The van der Waals surface area contributed by atoms with E-state index in [1.54, 1.807) is 0 Å². The molecule has 3 N–H and O–H groups in total. The van der Waals surface area contributed by atoms with Crippen LogP contribution in [0.25, 0.3) is 0 Å². The molecule has 0 aromatic heterocycles. The first-order chi connectivity index (χ1) is 5.05. The first kappa shape index (κ1) is 7.10. The summed E-state index contributed by atoms with van der Waals surface area (Å²) in [7, 11) is 0. The van der Waals surface area contributed by atoms with Crippen LogP contribution in [-0.2, 0) is 4.79 Å². The van der Waals surface area contributed by atoms with Crippen LogP contribution in [0.1, 0.15) is 13.8 Å². The lowest BCUT2D eigenvalue weighted by Gasteiger charge is -2.15. The van der Waals surface area contributed by atoms with Gasteiger partial charge >= 0.3 is 0 Å². The van der Waals surface area contributed by atoms with Crippen molar-refractivity contribution in [2.24, 2.45) is 23.0 Å². The standard InChI is InChI=1S/C8H14N2O/c1-8(2)4-3-10-6(5(4)8)7(9)11/h4-6,10H,3H2,1-2H3,(H2,9,11)/t4?,5-,6-/m0/s1. The van der Waals surface area contributed by atoms with E-state index in [-0.39, 0.29) is 11.9 Å². The number of nitrogens with one attached hydrogen (secondary N) is 1. The summed E-state index contributed by atoms with van der Waals surface area (Å²) in [5, 5.41) is 3.14. The third-order valence-electron chi connectivity index (χ3n) is 3.36. The second-order valence-corrected chi connectivity index (χ2v) is 4.24. The molecule has 0 bridgehead atoms. The zero-order valence-electron chi connectivity index (χ0n) is 6.92. The van der Waals surface area contributed by atoms with Gasteiger partial charge in [0.05, 0.1) is 6.04 Å². The van der Waals surface area contributed by atoms with Crippen LogP contribution in [0.4, 0.5) is 0 Å². The minimum atomic E-state index is -0.192. The number of hydrogen-bond acceptors (Lipinski definition) is 2. The van der Waals surface area contributed by atoms with Gasteiger partial charge in [-0.25, -0.2) is 0 Å². The zero-order valence-corrected chi connectivity index (χ0v) is 6.92. The maximum Gasteiger partial charge on any atom is 0.234 e. The number of amides is 1. The number of primary amides is 1. The summed E-state index contributed by atoms with van der Waals surface area (Å²) < 4.78 is 0. The van der Waals surface area contributed by atoms with E-state index in [1.165, 1.54) is 0 Å². The van der Waals surface area contributed by atoms with Crippen LogP contribution in [0.15, 0.2) is 0 Å². The molecule has 2 aliphatic rings. The molecule has 3 atom stereocenters. The predicted octanol–water partition coefficient (Wildman–Crippen LogP) is -0.284. The Morgan fingerprint density at radius 3 is 2.55 bits per heavy atom. The summed E-state index contributed by atoms with van der Waals surface area (Å²) in [5.74, 6) is 0.989. The highest BCUT2D eigenvalue weighted by molar-refractivity contribution is 5.81. The van der Waals surface area contributed by atoms with Crippen LogP contribution >= 0.6 is 0 Å². The second kappa shape index (κ2) is 1.78. The van der Waals surface area contributed by atoms with Gasteiger partial charge in [-0.3, -0.25) is 4.79 Å². The molecule has 0 radical (unpaired) electrons. The quantitative estimate of drug-likeness (QED) is 0.545. The van der Waals surface area contributed by atoms with Crippen molar-refractivity contribution in [3.8, 4) is 0 Å². The van der Waals surface area contributed by atoms with Gasteiger partial charge in [0.2, 0.25) is 5.91 Å². The maximum atomic E-state index is 10.9. The van der Waals surface area contributed by atoms with Crippen LogP contribution in [0.3, 0.4) is 0 Å². The Bertz CT molecular complexity index is 212. The largest absolute Gasteiger partial charge is 0.368 e. The Balaban J connectivity index is 2.13. The Hall–Kier alpha value is -0.570. The van der Waals surface area contributed by atoms with E-state index in [4.69, 9.17) is 5.73 Å². The topological polar surface area (TPSA) is 55.1 Å². The fourth-order valence-corrected chi connectivity index (χ4v) is 2.50. The van der Waals surface area contributed by atoms with E-state index in [2.05, 4.69) is 19.2 Å². The van der Waals surface area contributed by atoms with E-state index in [0.29, 0.717) is 17.3 Å². The van der Waals surface area contributed by atoms with Gasteiger partial charge in [-0.05, 0) is 23.8 Å². The molecule has 1 unspecified atom stereocenters. The van der Waals surface area contributed by atoms with Crippen LogP contribution in [-0.4, -0.2) is 18.5 Å². The highest BCUT2D eigenvalue weighted by atomic mass is 16.1. The monoisotopic (exact) mass is 154 g/mol. The lowest BCUT2D eigenvalue weighted by atomic mass is 10.0. The number of fused-ring (bicyclic) bond motifs is 1. The van der Waals surface area contributed by atoms with E-state index in [9.17, 15) is 4.79 Å². The first-order valence-electron chi connectivity index (χ1n) is 4.08. The maximum absolute atomic E-state index is 10.9. The summed E-state index contributed by atoms with van der Waals surface area (Å²) in [5.41, 5.74) is 5.59. The highest BCUT2D eigenvalue weighted by Gasteiger charge is 2.65. The van der Waals surface area contributed by atoms with Crippen molar-refractivity contribution in [2.75, 3.05) is 6.54 Å². The predicted molar refractivity (Wildman–Crippen MR) is 41.7 cm³/mol. The molecule has 3 nitrogen and oxygen atoms in total. The Morgan fingerprint density at radius 1 is 1.64 bits per heavy atom. The minimum Gasteiger partial charge on any atom is -0.368 e. The molecule has 1 amide bonds. The first-order valence-corrected chi connectivity index (χ1v) is 4.08. The summed E-state index contributed by atoms with van der Waals surface area (Å²) in [6.07, 6.45) is 0. The fourth-order valence-electron chi connectivity index (χ4n) is 2.50. The SMILES string of the molecule is CC1(C)C2CN[C@H](C(N)=O)[C@H]21. The van der Waals surface area contributed by atoms with Crippen LogP contribution in [0, 0.1) is 17.3 Å². The second-order valence-electron chi connectivity index (χ2n) is 4.24. The Labute approximate surface area is 66.3 Å². The van der Waals surface area contributed by atoms with Crippen molar-refractivity contribution in [1.29, 1.82) is 0 Å².